The Hall–Kier alpha value is -1.79. The van der Waals surface area contributed by atoms with Gasteiger partial charge in [-0.25, -0.2) is 4.79 Å². The smallest absolute Gasteiger partial charge is 0.405 e. The van der Waals surface area contributed by atoms with Gasteiger partial charge in [-0.3, -0.25) is 9.59 Å². The van der Waals surface area contributed by atoms with Crippen LogP contribution in [0.5, 0.6) is 0 Å². The van der Waals surface area contributed by atoms with Crippen molar-refractivity contribution in [3.05, 3.63) is 0 Å². The number of rotatable bonds is 8. The Labute approximate surface area is 211 Å². The van der Waals surface area contributed by atoms with Crippen LogP contribution in [0.15, 0.2) is 0 Å². The van der Waals surface area contributed by atoms with Gasteiger partial charge >= 0.3 is 6.09 Å². The third kappa shape index (κ3) is 6.51. The summed E-state index contributed by atoms with van der Waals surface area (Å²) >= 11 is 0. The number of nitrogens with one attached hydrogen (secondary N) is 2. The zero-order valence-corrected chi connectivity index (χ0v) is 21.8. The van der Waals surface area contributed by atoms with Gasteiger partial charge in [0.2, 0.25) is 11.8 Å². The number of fused-ring (bicyclic) bond motifs is 1. The largest absolute Gasteiger partial charge is 0.465 e. The van der Waals surface area contributed by atoms with Crippen molar-refractivity contribution in [3.8, 4) is 0 Å². The molecule has 1 heterocycles. The molecule has 0 spiro atoms. The third-order valence-corrected chi connectivity index (χ3v) is 9.42. The molecule has 4 fully saturated rings. The van der Waals surface area contributed by atoms with Crippen LogP contribution in [0.2, 0.25) is 0 Å². The molecular formula is C28H47N3O4. The summed E-state index contributed by atoms with van der Waals surface area (Å²) in [5, 5.41) is 15.2. The van der Waals surface area contributed by atoms with Crippen LogP contribution in [0.4, 0.5) is 4.79 Å². The predicted molar refractivity (Wildman–Crippen MR) is 136 cm³/mol. The average molecular weight is 490 g/mol. The van der Waals surface area contributed by atoms with E-state index in [9.17, 15) is 19.5 Å². The van der Waals surface area contributed by atoms with E-state index in [2.05, 4.69) is 10.6 Å². The number of carbonyl (C=O) groups excluding carboxylic acids is 2. The maximum absolute atomic E-state index is 13.8. The molecule has 4 atom stereocenters. The number of nitrogens with zero attached hydrogens (tertiary/aromatic N) is 1. The average Bonchev–Trinajstić information content (AvgIpc) is 3.41. The van der Waals surface area contributed by atoms with Crippen LogP contribution >= 0.6 is 0 Å². The summed E-state index contributed by atoms with van der Waals surface area (Å²) < 4.78 is 0. The highest BCUT2D eigenvalue weighted by Gasteiger charge is 2.47. The number of hydrogen-bond acceptors (Lipinski definition) is 3. The van der Waals surface area contributed by atoms with E-state index in [0.29, 0.717) is 37.3 Å². The second-order valence-corrected chi connectivity index (χ2v) is 12.3. The minimum absolute atomic E-state index is 0.108. The van der Waals surface area contributed by atoms with E-state index in [0.717, 1.165) is 12.8 Å². The fraction of sp³-hybridized carbons (Fsp3) is 0.893. The quantitative estimate of drug-likeness (QED) is 0.456. The van der Waals surface area contributed by atoms with E-state index in [1.165, 1.54) is 64.2 Å². The molecule has 2 unspecified atom stereocenters. The van der Waals surface area contributed by atoms with Crippen molar-refractivity contribution in [2.45, 2.75) is 109 Å². The van der Waals surface area contributed by atoms with Crippen molar-refractivity contribution < 1.29 is 19.5 Å². The van der Waals surface area contributed by atoms with Gasteiger partial charge in [-0.2, -0.15) is 0 Å². The first-order valence-corrected chi connectivity index (χ1v) is 14.4. The molecule has 3 saturated carbocycles. The van der Waals surface area contributed by atoms with Gasteiger partial charge in [0, 0.05) is 31.0 Å². The lowest BCUT2D eigenvalue weighted by Gasteiger charge is -2.38. The second-order valence-electron chi connectivity index (χ2n) is 12.3. The lowest BCUT2D eigenvalue weighted by molar-refractivity contribution is -0.133. The fourth-order valence-electron chi connectivity index (χ4n) is 7.77. The lowest BCUT2D eigenvalue weighted by atomic mass is 9.69. The van der Waals surface area contributed by atoms with Gasteiger partial charge in [-0.15, -0.1) is 0 Å². The molecule has 0 bridgehead atoms. The molecule has 0 aromatic heterocycles. The zero-order valence-electron chi connectivity index (χ0n) is 21.8. The summed E-state index contributed by atoms with van der Waals surface area (Å²) in [7, 11) is 0. The van der Waals surface area contributed by atoms with Gasteiger partial charge in [0.05, 0.1) is 0 Å². The van der Waals surface area contributed by atoms with Crippen LogP contribution in [0, 0.1) is 35.5 Å². The van der Waals surface area contributed by atoms with Gasteiger partial charge in [0.1, 0.15) is 6.04 Å². The molecule has 3 aliphatic carbocycles. The number of hydrogen-bond donors (Lipinski definition) is 3. The number of carbonyl (C=O) groups is 3. The van der Waals surface area contributed by atoms with Crippen LogP contribution in [0.25, 0.3) is 0 Å². The molecule has 35 heavy (non-hydrogen) atoms. The first-order valence-electron chi connectivity index (χ1n) is 14.4. The second kappa shape index (κ2) is 12.0. The van der Waals surface area contributed by atoms with Gasteiger partial charge in [0.25, 0.3) is 0 Å². The van der Waals surface area contributed by atoms with Gasteiger partial charge in [-0.05, 0) is 68.6 Å². The highest BCUT2D eigenvalue weighted by atomic mass is 16.4. The van der Waals surface area contributed by atoms with Crippen molar-refractivity contribution in [2.24, 2.45) is 35.5 Å². The molecule has 4 aliphatic rings. The lowest BCUT2D eigenvalue weighted by Crippen LogP contribution is -2.49. The summed E-state index contributed by atoms with van der Waals surface area (Å²) in [5.74, 6) is 2.30. The first-order chi connectivity index (χ1) is 16.8. The van der Waals surface area contributed by atoms with E-state index < -0.39 is 12.1 Å². The van der Waals surface area contributed by atoms with Crippen molar-refractivity contribution in [1.82, 2.24) is 15.5 Å². The molecule has 7 nitrogen and oxygen atoms in total. The Kier molecular flexibility index (Phi) is 8.98. The van der Waals surface area contributed by atoms with Crippen molar-refractivity contribution in [3.63, 3.8) is 0 Å². The number of likely N-dealkylation sites (tertiary alicyclic amines) is 1. The van der Waals surface area contributed by atoms with Crippen molar-refractivity contribution in [1.29, 1.82) is 0 Å². The molecule has 0 aromatic rings. The highest BCUT2D eigenvalue weighted by Crippen LogP contribution is 2.42. The third-order valence-electron chi connectivity index (χ3n) is 9.42. The predicted octanol–water partition coefficient (Wildman–Crippen LogP) is 4.80. The van der Waals surface area contributed by atoms with Crippen LogP contribution < -0.4 is 10.6 Å². The molecule has 7 heteroatoms. The summed E-state index contributed by atoms with van der Waals surface area (Å²) in [5.41, 5.74) is 0. The molecule has 198 valence electrons. The van der Waals surface area contributed by atoms with E-state index in [4.69, 9.17) is 0 Å². The topological polar surface area (TPSA) is 98.7 Å². The van der Waals surface area contributed by atoms with E-state index in [1.807, 2.05) is 18.7 Å². The van der Waals surface area contributed by atoms with E-state index in [-0.39, 0.29) is 35.6 Å². The summed E-state index contributed by atoms with van der Waals surface area (Å²) in [6.07, 6.45) is 13.8. The van der Waals surface area contributed by atoms with Crippen LogP contribution in [-0.2, 0) is 9.59 Å². The van der Waals surface area contributed by atoms with Crippen molar-refractivity contribution in [2.75, 3.05) is 13.1 Å². The molecule has 0 aromatic carbocycles. The Morgan fingerprint density at radius 1 is 0.857 bits per heavy atom. The van der Waals surface area contributed by atoms with Gasteiger partial charge in [-0.1, -0.05) is 52.4 Å². The zero-order chi connectivity index (χ0) is 24.9. The maximum atomic E-state index is 13.8. The monoisotopic (exact) mass is 489 g/mol. The SMILES string of the molecule is CC(C)C[C@@H](NC(=O)O)C(=O)N1CC2C(NC(=O)C(C3CCCCC3)C3CCCCC3)CC[C@H]2C1. The molecule has 3 amide bonds. The summed E-state index contributed by atoms with van der Waals surface area (Å²) in [4.78, 5) is 40.1. The van der Waals surface area contributed by atoms with Gasteiger partial charge < -0.3 is 20.6 Å². The standard InChI is InChI=1S/C28H47N3O4/c1-18(2)15-24(30-28(34)35)27(33)31-16-21-13-14-23(22(21)17-31)29-26(32)25(19-9-5-3-6-10-19)20-11-7-4-8-12-20/h18-25,30H,3-17H2,1-2H3,(H,29,32)(H,34,35)/t21-,22?,23?,24+/m0/s1. The Bertz CT molecular complexity index is 726. The molecule has 1 aliphatic heterocycles. The number of amides is 3. The minimum atomic E-state index is -1.15. The molecule has 1 saturated heterocycles. The summed E-state index contributed by atoms with van der Waals surface area (Å²) in [6, 6.07) is -0.558. The molecular weight excluding hydrogens is 442 g/mol. The molecule has 4 rings (SSSR count). The normalized spacial score (nSPS) is 28.8. The Morgan fingerprint density at radius 3 is 2.00 bits per heavy atom. The van der Waals surface area contributed by atoms with Gasteiger partial charge in [0.15, 0.2) is 0 Å². The first kappa shape index (κ1) is 26.3. The highest BCUT2D eigenvalue weighted by molar-refractivity contribution is 5.85. The van der Waals surface area contributed by atoms with Crippen LogP contribution in [0.3, 0.4) is 0 Å². The minimum Gasteiger partial charge on any atom is -0.465 e. The van der Waals surface area contributed by atoms with E-state index in [1.54, 1.807) is 0 Å². The fourth-order valence-corrected chi connectivity index (χ4v) is 7.77. The Balaban J connectivity index is 1.39. The maximum Gasteiger partial charge on any atom is 0.405 e. The molecule has 0 radical (unpaired) electrons. The summed E-state index contributed by atoms with van der Waals surface area (Å²) in [6.45, 7) is 5.31. The number of carboxylic acid groups (broad SMARTS) is 1. The molecule has 3 N–H and O–H groups in total. The van der Waals surface area contributed by atoms with Crippen LogP contribution in [0.1, 0.15) is 97.3 Å². The van der Waals surface area contributed by atoms with Crippen LogP contribution in [-0.4, -0.2) is 53.1 Å². The Morgan fingerprint density at radius 2 is 1.46 bits per heavy atom. The van der Waals surface area contributed by atoms with Crippen molar-refractivity contribution >= 4 is 17.9 Å². The van der Waals surface area contributed by atoms with E-state index >= 15 is 0 Å².